The zero-order chi connectivity index (χ0) is 35.3. The van der Waals surface area contributed by atoms with Gasteiger partial charge in [0.25, 0.3) is 0 Å². The number of hydrogen-bond acceptors (Lipinski definition) is 11. The molecule has 1 fully saturated rings. The van der Waals surface area contributed by atoms with Crippen LogP contribution < -0.4 is 29.2 Å². The molecule has 0 bridgehead atoms. The molecule has 1 aromatic heterocycles. The molecule has 0 unspecified atom stereocenters. The van der Waals surface area contributed by atoms with E-state index in [-0.39, 0.29) is 30.7 Å². The molecule has 3 aromatic carbocycles. The number of piperazine rings is 1. The summed E-state index contributed by atoms with van der Waals surface area (Å²) in [6.45, 7) is 8.78. The highest BCUT2D eigenvalue weighted by Gasteiger charge is 2.24. The fraction of sp³-hybridized carbons (Fsp3) is 0.378. The van der Waals surface area contributed by atoms with Crippen molar-refractivity contribution in [3.63, 3.8) is 0 Å². The molecule has 1 N–H and O–H groups in total. The third-order valence-corrected chi connectivity index (χ3v) is 8.28. The highest BCUT2D eigenvalue weighted by atomic mass is 19.1. The second kappa shape index (κ2) is 18.1. The molecule has 1 aliphatic heterocycles. The van der Waals surface area contributed by atoms with Crippen LogP contribution in [-0.2, 0) is 17.9 Å². The Kier molecular flexibility index (Phi) is 13.2. The molecule has 0 atom stereocenters. The van der Waals surface area contributed by atoms with Crippen LogP contribution in [-0.4, -0.2) is 93.1 Å². The molecule has 50 heavy (non-hydrogen) atoms. The second-order valence-electron chi connectivity index (χ2n) is 11.7. The minimum absolute atomic E-state index is 0.0250. The number of para-hydroxylation sites is 1. The molecule has 0 spiro atoms. The first-order valence-electron chi connectivity index (χ1n) is 16.6. The fourth-order valence-corrected chi connectivity index (χ4v) is 5.66. The van der Waals surface area contributed by atoms with E-state index in [2.05, 4.69) is 32.0 Å². The number of benzene rings is 3. The van der Waals surface area contributed by atoms with Crippen LogP contribution in [0.2, 0.25) is 0 Å². The Labute approximate surface area is 292 Å². The van der Waals surface area contributed by atoms with E-state index in [0.717, 1.165) is 45.7 Å². The Morgan fingerprint density at radius 3 is 2.36 bits per heavy atom. The van der Waals surface area contributed by atoms with Crippen molar-refractivity contribution >= 4 is 23.5 Å². The number of nitrogens with one attached hydrogen (secondary N) is 1. The molecule has 0 saturated carbocycles. The van der Waals surface area contributed by atoms with Gasteiger partial charge in [-0.3, -0.25) is 9.80 Å². The maximum absolute atomic E-state index is 15.1. The predicted molar refractivity (Wildman–Crippen MR) is 189 cm³/mol. The number of carbonyl (C=O) groups is 1. The van der Waals surface area contributed by atoms with E-state index in [1.807, 2.05) is 12.1 Å². The van der Waals surface area contributed by atoms with Crippen molar-refractivity contribution in [2.24, 2.45) is 0 Å². The van der Waals surface area contributed by atoms with Crippen LogP contribution in [0.15, 0.2) is 72.9 Å². The number of carbonyl (C=O) groups excluding carboxylic acids is 1. The van der Waals surface area contributed by atoms with Gasteiger partial charge in [-0.2, -0.15) is 4.98 Å². The van der Waals surface area contributed by atoms with Crippen molar-refractivity contribution in [3.05, 3.63) is 89.9 Å². The standard InChI is InChI=1S/C37H45FN6O6/c1-5-16-42-17-19-43(20-18-42)21-22-49-34-12-10-29(24-31(34)38)40-36-39-15-14-35(41-36)44(25-28-23-30(47-3)11-13-32(28)48-4)37(45)50-33-9-7-6-8-27(33)26-46-2/h6-15,23-24H,5,16-22,25-26H2,1-4H3,(H,39,40,41). The molecule has 4 aromatic rings. The summed E-state index contributed by atoms with van der Waals surface area (Å²) in [4.78, 5) is 28.9. The summed E-state index contributed by atoms with van der Waals surface area (Å²) >= 11 is 0. The van der Waals surface area contributed by atoms with Crippen LogP contribution in [0.25, 0.3) is 0 Å². The largest absolute Gasteiger partial charge is 0.497 e. The number of nitrogens with zero attached hydrogens (tertiary/aromatic N) is 5. The first-order valence-corrected chi connectivity index (χ1v) is 16.6. The molecule has 1 amide bonds. The lowest BCUT2D eigenvalue weighted by Gasteiger charge is -2.34. The van der Waals surface area contributed by atoms with Crippen molar-refractivity contribution in [1.82, 2.24) is 19.8 Å². The van der Waals surface area contributed by atoms with Gasteiger partial charge in [-0.05, 0) is 55.4 Å². The molecule has 266 valence electrons. The third-order valence-electron chi connectivity index (χ3n) is 8.28. The normalized spacial score (nSPS) is 13.5. The Morgan fingerprint density at radius 1 is 0.880 bits per heavy atom. The average Bonchev–Trinajstić information content (AvgIpc) is 3.13. The first-order chi connectivity index (χ1) is 24.4. The number of hydrogen-bond donors (Lipinski definition) is 1. The van der Waals surface area contributed by atoms with Crippen LogP contribution in [0.3, 0.4) is 0 Å². The van der Waals surface area contributed by atoms with Gasteiger partial charge in [-0.25, -0.2) is 14.2 Å². The first kappa shape index (κ1) is 36.3. The quantitative estimate of drug-likeness (QED) is 0.147. The van der Waals surface area contributed by atoms with Crippen LogP contribution >= 0.6 is 0 Å². The molecule has 12 nitrogen and oxygen atoms in total. The number of ether oxygens (including phenoxy) is 5. The van der Waals surface area contributed by atoms with Crippen molar-refractivity contribution in [1.29, 1.82) is 0 Å². The van der Waals surface area contributed by atoms with E-state index in [1.165, 1.54) is 17.2 Å². The number of amides is 1. The Morgan fingerprint density at radius 2 is 1.64 bits per heavy atom. The Hall–Kier alpha value is -4.98. The number of anilines is 3. The lowest BCUT2D eigenvalue weighted by atomic mass is 10.1. The minimum atomic E-state index is -0.696. The van der Waals surface area contributed by atoms with Crippen LogP contribution in [0.1, 0.15) is 24.5 Å². The number of halogens is 1. The monoisotopic (exact) mass is 688 g/mol. The van der Waals surface area contributed by atoms with Crippen LogP contribution in [0, 0.1) is 5.82 Å². The van der Waals surface area contributed by atoms with Gasteiger partial charge in [-0.1, -0.05) is 25.1 Å². The Balaban J connectivity index is 1.30. The maximum Gasteiger partial charge on any atom is 0.421 e. The van der Waals surface area contributed by atoms with Gasteiger partial charge in [0.1, 0.15) is 29.7 Å². The molecule has 13 heteroatoms. The summed E-state index contributed by atoms with van der Waals surface area (Å²) in [6, 6.07) is 18.6. The van der Waals surface area contributed by atoms with Gasteiger partial charge in [-0.15, -0.1) is 0 Å². The van der Waals surface area contributed by atoms with Crippen LogP contribution in [0.4, 0.5) is 26.6 Å². The summed E-state index contributed by atoms with van der Waals surface area (Å²) in [6.07, 6.45) is 1.96. The average molecular weight is 689 g/mol. The molecular formula is C37H45FN6O6. The zero-order valence-electron chi connectivity index (χ0n) is 29.1. The van der Waals surface area contributed by atoms with Gasteiger partial charge in [0.05, 0.1) is 27.4 Å². The molecule has 0 aliphatic carbocycles. The molecule has 2 heterocycles. The summed E-state index contributed by atoms with van der Waals surface area (Å²) in [7, 11) is 4.68. The van der Waals surface area contributed by atoms with Crippen LogP contribution in [0.5, 0.6) is 23.0 Å². The fourth-order valence-electron chi connectivity index (χ4n) is 5.66. The number of rotatable bonds is 16. The molecule has 1 saturated heterocycles. The summed E-state index contributed by atoms with van der Waals surface area (Å²) in [5.41, 5.74) is 1.77. The topological polar surface area (TPSA) is 111 Å². The van der Waals surface area contributed by atoms with E-state index in [1.54, 1.807) is 69.9 Å². The minimum Gasteiger partial charge on any atom is -0.497 e. The Bertz CT molecular complexity index is 1700. The molecule has 0 radical (unpaired) electrons. The second-order valence-corrected chi connectivity index (χ2v) is 11.7. The third kappa shape index (κ3) is 9.80. The predicted octanol–water partition coefficient (Wildman–Crippen LogP) is 6.13. The van der Waals surface area contributed by atoms with Gasteiger partial charge in [0, 0.05) is 68.9 Å². The van der Waals surface area contributed by atoms with Crippen molar-refractivity contribution in [2.75, 3.05) is 77.4 Å². The van der Waals surface area contributed by atoms with Gasteiger partial charge in [0.2, 0.25) is 5.95 Å². The lowest BCUT2D eigenvalue weighted by molar-refractivity contribution is 0.116. The van der Waals surface area contributed by atoms with Crippen molar-refractivity contribution in [3.8, 4) is 23.0 Å². The number of methoxy groups -OCH3 is 3. The summed E-state index contributed by atoms with van der Waals surface area (Å²) in [5, 5.41) is 3.04. The number of aromatic nitrogens is 2. The smallest absolute Gasteiger partial charge is 0.421 e. The van der Waals surface area contributed by atoms with Crippen molar-refractivity contribution in [2.45, 2.75) is 26.5 Å². The summed E-state index contributed by atoms with van der Waals surface area (Å²) < 4.78 is 43.1. The highest BCUT2D eigenvalue weighted by molar-refractivity contribution is 5.88. The summed E-state index contributed by atoms with van der Waals surface area (Å²) in [5.74, 6) is 1.52. The van der Waals surface area contributed by atoms with E-state index in [4.69, 9.17) is 23.7 Å². The molecular weight excluding hydrogens is 643 g/mol. The van der Waals surface area contributed by atoms with Crippen molar-refractivity contribution < 1.29 is 32.9 Å². The molecule has 1 aliphatic rings. The van der Waals surface area contributed by atoms with E-state index in [0.29, 0.717) is 40.7 Å². The zero-order valence-corrected chi connectivity index (χ0v) is 29.1. The SMILES string of the molecule is CCCN1CCN(CCOc2ccc(Nc3nccc(N(Cc4cc(OC)ccc4OC)C(=O)Oc4ccccc4COC)n3)cc2F)CC1. The van der Waals surface area contributed by atoms with Gasteiger partial charge >= 0.3 is 6.09 Å². The van der Waals surface area contributed by atoms with E-state index >= 15 is 4.39 Å². The van der Waals surface area contributed by atoms with Gasteiger partial charge < -0.3 is 33.9 Å². The molecule has 5 rings (SSSR count). The van der Waals surface area contributed by atoms with Gasteiger partial charge in [0.15, 0.2) is 11.6 Å². The van der Waals surface area contributed by atoms with E-state index in [9.17, 15) is 4.79 Å². The highest BCUT2D eigenvalue weighted by Crippen LogP contribution is 2.29. The maximum atomic E-state index is 15.1. The lowest BCUT2D eigenvalue weighted by Crippen LogP contribution is -2.47. The van der Waals surface area contributed by atoms with E-state index < -0.39 is 11.9 Å².